The van der Waals surface area contributed by atoms with Gasteiger partial charge in [0.1, 0.15) is 53.7 Å². The quantitative estimate of drug-likeness (QED) is 0.0197. The second-order valence-corrected chi connectivity index (χ2v) is 27.6. The van der Waals surface area contributed by atoms with Crippen LogP contribution in [0.25, 0.3) is 22.3 Å². The fourth-order valence-corrected chi connectivity index (χ4v) is 13.0. The SMILES string of the molecule is CC[C@@]1(O)C(=O)OCc2c1cc1n(c2=O)Cc2c-1nc1cc(F)c(C)c3c1c2[C@@H](NC(=O)COCN(CCS(C)(=O)=O)C(=O)OCc1ccc(CC(=O)[C@H](C)NC(=O)[C@@H](CC(=O)CCCn2cc(CNC(=O)CCCCCN4C(=O)CC(C)C4=O)nn2)C(C)C)cc1)CC3. The van der Waals surface area contributed by atoms with E-state index < -0.39 is 87.8 Å². The minimum absolute atomic E-state index is 0.0229. The topological polar surface area (TPSA) is 344 Å². The molecule has 2 aromatic carbocycles. The van der Waals surface area contributed by atoms with Crippen LogP contribution >= 0.6 is 0 Å². The molecule has 5 atom stereocenters. The van der Waals surface area contributed by atoms with E-state index >= 15 is 4.39 Å². The third kappa shape index (κ3) is 16.1. The molecule has 94 heavy (non-hydrogen) atoms. The van der Waals surface area contributed by atoms with Gasteiger partial charge >= 0.3 is 12.1 Å². The number of amides is 6. The number of likely N-dealkylation sites (tertiary alicyclic amines) is 1. The molecule has 6 heterocycles. The first kappa shape index (κ1) is 69.7. The number of pyridine rings is 2. The van der Waals surface area contributed by atoms with Crippen molar-refractivity contribution >= 4 is 73.9 Å². The summed E-state index contributed by atoms with van der Waals surface area (Å²) in [6.45, 7) is 9.13. The lowest BCUT2D eigenvalue weighted by molar-refractivity contribution is -0.172. The molecule has 0 radical (unpaired) electrons. The van der Waals surface area contributed by atoms with Crippen molar-refractivity contribution in [3.8, 4) is 11.4 Å². The van der Waals surface area contributed by atoms with Crippen LogP contribution in [0.4, 0.5) is 9.18 Å². The maximum atomic E-state index is 15.5. The second-order valence-electron chi connectivity index (χ2n) is 25.3. The number of cyclic esters (lactones) is 1. The number of halogens is 1. The highest BCUT2D eigenvalue weighted by Gasteiger charge is 2.46. The lowest BCUT2D eigenvalue weighted by Gasteiger charge is -2.31. The molecule has 3 aromatic heterocycles. The number of benzene rings is 2. The van der Waals surface area contributed by atoms with Gasteiger partial charge in [-0.05, 0) is 92.2 Å². The van der Waals surface area contributed by atoms with E-state index in [0.29, 0.717) is 107 Å². The molecule has 504 valence electrons. The summed E-state index contributed by atoms with van der Waals surface area (Å²) in [6.07, 6.45) is 5.37. The van der Waals surface area contributed by atoms with Gasteiger partial charge in [0, 0.05) is 92.4 Å². The average molecular weight is 1320 g/mol. The first-order chi connectivity index (χ1) is 44.6. The molecule has 26 nitrogen and oxygen atoms in total. The number of Topliss-reactive ketones (excluding diaryl/α,β-unsaturated/α-hetero) is 2. The maximum absolute atomic E-state index is 15.5. The van der Waals surface area contributed by atoms with Gasteiger partial charge in [0.2, 0.25) is 29.5 Å². The monoisotopic (exact) mass is 1320 g/mol. The number of esters is 1. The van der Waals surface area contributed by atoms with Gasteiger partial charge in [-0.3, -0.25) is 52.8 Å². The number of fused-ring (bicyclic) bond motifs is 5. The number of hydrogen-bond acceptors (Lipinski definition) is 19. The summed E-state index contributed by atoms with van der Waals surface area (Å²) in [5.74, 6) is -4.89. The Kier molecular flexibility index (Phi) is 22.1. The molecule has 0 saturated carbocycles. The minimum Gasteiger partial charge on any atom is -0.458 e. The number of nitrogens with one attached hydrogen (secondary N) is 3. The number of ketones is 2. The summed E-state index contributed by atoms with van der Waals surface area (Å²) in [7, 11) is -3.59. The van der Waals surface area contributed by atoms with Crippen LogP contribution in [0.3, 0.4) is 0 Å². The molecule has 9 rings (SSSR count). The van der Waals surface area contributed by atoms with Gasteiger partial charge in [-0.25, -0.2) is 27.4 Å². The van der Waals surface area contributed by atoms with E-state index in [1.54, 1.807) is 68.9 Å². The molecule has 28 heteroatoms. The fraction of sp³-hybridized carbons (Fsp3) is 0.530. The first-order valence-electron chi connectivity index (χ1n) is 31.8. The van der Waals surface area contributed by atoms with Crippen LogP contribution in [0, 0.1) is 30.5 Å². The highest BCUT2D eigenvalue weighted by molar-refractivity contribution is 7.90. The molecular weight excluding hydrogens is 1240 g/mol. The zero-order chi connectivity index (χ0) is 67.9. The zero-order valence-electron chi connectivity index (χ0n) is 54.0. The molecule has 1 fully saturated rings. The predicted molar refractivity (Wildman–Crippen MR) is 337 cm³/mol. The summed E-state index contributed by atoms with van der Waals surface area (Å²) in [6, 6.07) is 7.90. The van der Waals surface area contributed by atoms with Crippen LogP contribution in [-0.2, 0) is 114 Å². The summed E-state index contributed by atoms with van der Waals surface area (Å²) in [5.41, 5.74) is 2.59. The van der Waals surface area contributed by atoms with E-state index in [4.69, 9.17) is 19.2 Å². The number of unbranched alkanes of at least 4 members (excludes halogenated alkanes) is 2. The Morgan fingerprint density at radius 1 is 0.947 bits per heavy atom. The Hall–Kier alpha value is -8.63. The highest BCUT2D eigenvalue weighted by Crippen LogP contribution is 2.46. The Balaban J connectivity index is 0.713. The van der Waals surface area contributed by atoms with Crippen LogP contribution in [0.1, 0.15) is 155 Å². The van der Waals surface area contributed by atoms with Gasteiger partial charge in [-0.1, -0.05) is 63.6 Å². The van der Waals surface area contributed by atoms with Gasteiger partial charge < -0.3 is 39.8 Å². The first-order valence-corrected chi connectivity index (χ1v) is 33.9. The van der Waals surface area contributed by atoms with Crippen LogP contribution in [0.15, 0.2) is 47.4 Å². The molecule has 5 aromatic rings. The summed E-state index contributed by atoms with van der Waals surface area (Å²) in [4.78, 5) is 138. The zero-order valence-corrected chi connectivity index (χ0v) is 54.8. The number of aryl methyl sites for hydroxylation is 2. The number of aliphatic hydroxyl groups is 1. The Morgan fingerprint density at radius 2 is 1.69 bits per heavy atom. The van der Waals surface area contributed by atoms with Crippen molar-refractivity contribution in [1.29, 1.82) is 0 Å². The molecule has 4 aliphatic rings. The number of nitrogens with zero attached hydrogens (tertiary/aromatic N) is 7. The summed E-state index contributed by atoms with van der Waals surface area (Å²) >= 11 is 0. The van der Waals surface area contributed by atoms with Crippen LogP contribution in [-0.4, -0.2) is 146 Å². The number of hydrogen-bond donors (Lipinski definition) is 4. The smallest absolute Gasteiger partial charge is 0.411 e. The van der Waals surface area contributed by atoms with Crippen molar-refractivity contribution in [3.63, 3.8) is 0 Å². The number of aromatic nitrogens is 5. The fourth-order valence-electron chi connectivity index (χ4n) is 12.5. The van der Waals surface area contributed by atoms with E-state index in [9.17, 15) is 61.5 Å². The van der Waals surface area contributed by atoms with E-state index in [0.717, 1.165) is 11.2 Å². The van der Waals surface area contributed by atoms with Crippen molar-refractivity contribution in [1.82, 2.24) is 50.3 Å². The van der Waals surface area contributed by atoms with E-state index in [-0.39, 0.29) is 129 Å². The van der Waals surface area contributed by atoms with Crippen LogP contribution in [0.5, 0.6) is 0 Å². The minimum atomic E-state index is -3.59. The molecule has 6 amide bonds. The molecule has 0 spiro atoms. The third-order valence-corrected chi connectivity index (χ3v) is 19.0. The van der Waals surface area contributed by atoms with E-state index in [1.165, 1.54) is 15.5 Å². The van der Waals surface area contributed by atoms with Crippen molar-refractivity contribution in [2.75, 3.05) is 38.4 Å². The molecule has 1 unspecified atom stereocenters. The predicted octanol–water partition coefficient (Wildman–Crippen LogP) is 4.78. The Bertz CT molecular complexity index is 3980. The number of sulfone groups is 1. The number of carbonyl (C=O) groups is 9. The third-order valence-electron chi connectivity index (χ3n) is 18.0. The largest absolute Gasteiger partial charge is 0.458 e. The molecule has 0 bridgehead atoms. The second kappa shape index (κ2) is 29.8. The van der Waals surface area contributed by atoms with Gasteiger partial charge in [-0.2, -0.15) is 0 Å². The average Bonchev–Trinajstić information content (AvgIpc) is 1.51. The molecule has 1 saturated heterocycles. The molecular formula is C66H81FN10O16S. The van der Waals surface area contributed by atoms with E-state index in [2.05, 4.69) is 26.3 Å². The van der Waals surface area contributed by atoms with E-state index in [1.807, 2.05) is 13.8 Å². The summed E-state index contributed by atoms with van der Waals surface area (Å²) < 4.78 is 59.6. The maximum Gasteiger partial charge on any atom is 0.411 e. The standard InChI is InChI=1S/C66H81FN10O16S/c1-8-66(88)49-28-53-60-47(32-77(53)63(85)48(49)34-92-64(66)86)59-51(20-19-45-39(5)50(67)29-52(71-60)58(45)59)70-56(81)35-91-36-74(23-24-94(7,89)90)65(87)93-33-42-17-15-41(16-18-42)26-54(79)40(6)69-61(83)46(37(2)3)27-44(78)13-12-21-75-31-43(72-73-75)30-68-55(80)14-10-9-11-22-76-57(82)25-38(4)62(76)84/h15-18,28-29,31,37-38,40,46,51,88H,8-14,19-27,30,32-36H2,1-7H3,(H,68,80)(H,69,83)(H,70,81)/t38?,40-,46-,51-,66-/m0/s1. The normalized spacial score (nSPS) is 17.9. The van der Waals surface area contributed by atoms with Crippen molar-refractivity contribution in [2.24, 2.45) is 17.8 Å². The van der Waals surface area contributed by atoms with Gasteiger partial charge in [0.05, 0.1) is 59.6 Å². The highest BCUT2D eigenvalue weighted by atomic mass is 32.2. The van der Waals surface area contributed by atoms with Crippen LogP contribution in [0.2, 0.25) is 0 Å². The van der Waals surface area contributed by atoms with Crippen LogP contribution < -0.4 is 21.5 Å². The Labute approximate surface area is 542 Å². The number of rotatable bonds is 31. The number of carbonyl (C=O) groups excluding carboxylic acids is 9. The summed E-state index contributed by atoms with van der Waals surface area (Å²) in [5, 5.41) is 28.9. The van der Waals surface area contributed by atoms with Crippen molar-refractivity contribution < 1.29 is 75.3 Å². The molecule has 4 N–H and O–H groups in total. The number of ether oxygens (including phenoxy) is 3. The lowest BCUT2D eigenvalue weighted by atomic mass is 9.81. The Morgan fingerprint density at radius 3 is 2.39 bits per heavy atom. The van der Waals surface area contributed by atoms with Crippen molar-refractivity contribution in [2.45, 2.75) is 169 Å². The molecule has 1 aliphatic carbocycles. The van der Waals surface area contributed by atoms with Gasteiger partial charge in [0.15, 0.2) is 11.4 Å². The lowest BCUT2D eigenvalue weighted by Crippen LogP contribution is -2.44. The number of imide groups is 1. The van der Waals surface area contributed by atoms with Crippen molar-refractivity contribution in [3.05, 3.63) is 109 Å². The molecule has 3 aliphatic heterocycles. The van der Waals surface area contributed by atoms with Gasteiger partial charge in [-0.15, -0.1) is 5.10 Å². The van der Waals surface area contributed by atoms with Gasteiger partial charge in [0.25, 0.3) is 5.56 Å².